The van der Waals surface area contributed by atoms with Crippen LogP contribution in [0.15, 0.2) is 53.4 Å². The number of aryl methyl sites for hydroxylation is 1. The summed E-state index contributed by atoms with van der Waals surface area (Å²) in [7, 11) is -4.33. The van der Waals surface area contributed by atoms with Crippen molar-refractivity contribution in [1.29, 1.82) is 0 Å². The summed E-state index contributed by atoms with van der Waals surface area (Å²) in [5.74, 6) is -0.586. The molecule has 3 rings (SSSR count). The zero-order valence-electron chi connectivity index (χ0n) is 15.6. The van der Waals surface area contributed by atoms with Crippen molar-refractivity contribution in [1.82, 2.24) is 4.31 Å². The Kier molecular flexibility index (Phi) is 6.00. The largest absolute Gasteiger partial charge is 0.426 e. The van der Waals surface area contributed by atoms with Crippen LogP contribution in [0.4, 0.5) is 13.2 Å². The van der Waals surface area contributed by atoms with Crippen LogP contribution in [0, 0.1) is 12.8 Å². The fraction of sp³-hybridized carbons (Fsp3) is 0.350. The molecule has 0 aliphatic carbocycles. The number of carbonyl (C=O) groups is 1. The molecular weight excluding hydrogens is 407 g/mol. The SMILES string of the molecule is Cc1ccc(OC(=O)C2CCN(S(=O)(=O)c3ccccc3C(F)(F)F)CC2)cc1. The molecule has 1 saturated heterocycles. The summed E-state index contributed by atoms with van der Waals surface area (Å²) in [6.45, 7) is 1.79. The third kappa shape index (κ3) is 4.79. The van der Waals surface area contributed by atoms with Gasteiger partial charge in [-0.25, -0.2) is 8.42 Å². The van der Waals surface area contributed by atoms with Gasteiger partial charge in [0.05, 0.1) is 16.4 Å². The molecule has 2 aromatic rings. The van der Waals surface area contributed by atoms with E-state index in [0.717, 1.165) is 28.1 Å². The highest BCUT2D eigenvalue weighted by atomic mass is 32.2. The van der Waals surface area contributed by atoms with E-state index in [2.05, 4.69) is 0 Å². The first-order valence-corrected chi connectivity index (χ1v) is 10.5. The molecule has 0 atom stereocenters. The predicted octanol–water partition coefficient (Wildman–Crippen LogP) is 4.02. The topological polar surface area (TPSA) is 63.7 Å². The van der Waals surface area contributed by atoms with Crippen LogP contribution in [0.2, 0.25) is 0 Å². The minimum absolute atomic E-state index is 0.0534. The van der Waals surface area contributed by atoms with E-state index in [0.29, 0.717) is 5.75 Å². The smallest absolute Gasteiger partial charge is 0.417 e. The number of piperidine rings is 1. The Bertz CT molecular complexity index is 980. The van der Waals surface area contributed by atoms with Crippen molar-refractivity contribution < 1.29 is 31.1 Å². The number of rotatable bonds is 4. The average molecular weight is 427 g/mol. The third-order valence-electron chi connectivity index (χ3n) is 4.84. The van der Waals surface area contributed by atoms with Gasteiger partial charge in [-0.15, -0.1) is 0 Å². The number of ether oxygens (including phenoxy) is 1. The van der Waals surface area contributed by atoms with Gasteiger partial charge in [-0.1, -0.05) is 29.8 Å². The van der Waals surface area contributed by atoms with E-state index in [1.54, 1.807) is 24.3 Å². The number of halogens is 3. The predicted molar refractivity (Wildman–Crippen MR) is 99.7 cm³/mol. The van der Waals surface area contributed by atoms with Gasteiger partial charge in [0.2, 0.25) is 10.0 Å². The molecule has 1 aliphatic heterocycles. The number of hydrogen-bond acceptors (Lipinski definition) is 4. The molecule has 29 heavy (non-hydrogen) atoms. The van der Waals surface area contributed by atoms with Crippen LogP contribution in [0.3, 0.4) is 0 Å². The van der Waals surface area contributed by atoms with Crippen molar-refractivity contribution >= 4 is 16.0 Å². The number of sulfonamides is 1. The molecule has 1 fully saturated rings. The highest BCUT2D eigenvalue weighted by Crippen LogP contribution is 2.36. The minimum atomic E-state index is -4.78. The lowest BCUT2D eigenvalue weighted by atomic mass is 9.98. The molecule has 0 bridgehead atoms. The number of benzene rings is 2. The molecule has 2 aromatic carbocycles. The van der Waals surface area contributed by atoms with E-state index in [-0.39, 0.29) is 25.9 Å². The maximum absolute atomic E-state index is 13.2. The van der Waals surface area contributed by atoms with Gasteiger partial charge in [0.25, 0.3) is 0 Å². The molecule has 1 heterocycles. The molecule has 1 aliphatic rings. The fourth-order valence-corrected chi connectivity index (χ4v) is 4.88. The molecule has 0 saturated carbocycles. The molecule has 0 N–H and O–H groups in total. The second-order valence-electron chi connectivity index (χ2n) is 6.91. The monoisotopic (exact) mass is 427 g/mol. The molecule has 5 nitrogen and oxygen atoms in total. The third-order valence-corrected chi connectivity index (χ3v) is 6.79. The lowest BCUT2D eigenvalue weighted by molar-refractivity contribution is -0.140. The van der Waals surface area contributed by atoms with E-state index in [1.807, 2.05) is 6.92 Å². The van der Waals surface area contributed by atoms with Crippen LogP contribution in [-0.4, -0.2) is 31.8 Å². The van der Waals surface area contributed by atoms with Gasteiger partial charge in [-0.3, -0.25) is 4.79 Å². The number of hydrogen-bond donors (Lipinski definition) is 0. The van der Waals surface area contributed by atoms with Gasteiger partial charge in [0.15, 0.2) is 0 Å². The van der Waals surface area contributed by atoms with Gasteiger partial charge in [0.1, 0.15) is 5.75 Å². The lowest BCUT2D eigenvalue weighted by Crippen LogP contribution is -2.41. The Balaban J connectivity index is 1.69. The second kappa shape index (κ2) is 8.16. The molecule has 9 heteroatoms. The Labute approximate surface area is 167 Å². The fourth-order valence-electron chi connectivity index (χ4n) is 3.20. The zero-order valence-corrected chi connectivity index (χ0v) is 16.5. The van der Waals surface area contributed by atoms with Crippen LogP contribution in [0.25, 0.3) is 0 Å². The van der Waals surface area contributed by atoms with Crippen molar-refractivity contribution in [3.63, 3.8) is 0 Å². The summed E-state index contributed by atoms with van der Waals surface area (Å²) in [6.07, 6.45) is -4.42. The molecular formula is C20H20F3NO4S. The van der Waals surface area contributed by atoms with Crippen molar-refractivity contribution in [2.75, 3.05) is 13.1 Å². The van der Waals surface area contributed by atoms with Gasteiger partial charge in [-0.2, -0.15) is 17.5 Å². The second-order valence-corrected chi connectivity index (χ2v) is 8.81. The summed E-state index contributed by atoms with van der Waals surface area (Å²) in [5, 5.41) is 0. The van der Waals surface area contributed by atoms with Crippen LogP contribution in [-0.2, 0) is 21.0 Å². The number of alkyl halides is 3. The van der Waals surface area contributed by atoms with Gasteiger partial charge < -0.3 is 4.74 Å². The van der Waals surface area contributed by atoms with Crippen molar-refractivity contribution in [2.45, 2.75) is 30.8 Å². The van der Waals surface area contributed by atoms with Crippen molar-refractivity contribution in [2.24, 2.45) is 5.92 Å². The molecule has 0 aromatic heterocycles. The Hall–Kier alpha value is -2.39. The van der Waals surface area contributed by atoms with E-state index in [9.17, 15) is 26.4 Å². The van der Waals surface area contributed by atoms with Gasteiger partial charge in [-0.05, 0) is 44.0 Å². The van der Waals surface area contributed by atoms with Crippen molar-refractivity contribution in [3.05, 3.63) is 59.7 Å². The van der Waals surface area contributed by atoms with Gasteiger partial charge >= 0.3 is 12.1 Å². The van der Waals surface area contributed by atoms with E-state index in [1.165, 1.54) is 6.07 Å². The summed E-state index contributed by atoms with van der Waals surface area (Å²) in [5.41, 5.74) is -0.177. The molecule has 156 valence electrons. The minimum Gasteiger partial charge on any atom is -0.426 e. The molecule has 0 spiro atoms. The number of carbonyl (C=O) groups excluding carboxylic acids is 1. The molecule has 0 radical (unpaired) electrons. The first kappa shape index (κ1) is 21.3. The van der Waals surface area contributed by atoms with E-state index in [4.69, 9.17) is 4.74 Å². The standard InChI is InChI=1S/C20H20F3NO4S/c1-14-6-8-16(9-7-14)28-19(25)15-10-12-24(13-11-15)29(26,27)18-5-3-2-4-17(18)20(21,22)23/h2-9,15H,10-13H2,1H3. The maximum Gasteiger partial charge on any atom is 0.417 e. The molecule has 0 unspecified atom stereocenters. The van der Waals surface area contributed by atoms with E-state index >= 15 is 0 Å². The highest BCUT2D eigenvalue weighted by molar-refractivity contribution is 7.89. The van der Waals surface area contributed by atoms with E-state index < -0.39 is 38.5 Å². The Morgan fingerprint density at radius 3 is 2.21 bits per heavy atom. The number of esters is 1. The first-order chi connectivity index (χ1) is 13.6. The average Bonchev–Trinajstić information content (AvgIpc) is 2.69. The van der Waals surface area contributed by atoms with Gasteiger partial charge in [0, 0.05) is 13.1 Å². The summed E-state index contributed by atoms with van der Waals surface area (Å²) in [4.78, 5) is 11.6. The van der Waals surface area contributed by atoms with Crippen LogP contribution in [0.1, 0.15) is 24.0 Å². The summed E-state index contributed by atoms with van der Waals surface area (Å²) in [6, 6.07) is 11.0. The highest BCUT2D eigenvalue weighted by Gasteiger charge is 2.40. The van der Waals surface area contributed by atoms with Crippen molar-refractivity contribution in [3.8, 4) is 5.75 Å². The van der Waals surface area contributed by atoms with Crippen LogP contribution in [0.5, 0.6) is 5.75 Å². The van der Waals surface area contributed by atoms with Crippen LogP contribution < -0.4 is 4.74 Å². The summed E-state index contributed by atoms with van der Waals surface area (Å²) >= 11 is 0. The quantitative estimate of drug-likeness (QED) is 0.546. The maximum atomic E-state index is 13.2. The lowest BCUT2D eigenvalue weighted by Gasteiger charge is -2.30. The molecule has 0 amide bonds. The normalized spacial score (nSPS) is 16.6. The summed E-state index contributed by atoms with van der Waals surface area (Å²) < 4.78 is 71.4. The zero-order chi connectivity index (χ0) is 21.2. The Morgan fingerprint density at radius 1 is 1.03 bits per heavy atom. The number of nitrogens with zero attached hydrogens (tertiary/aromatic N) is 1. The first-order valence-electron chi connectivity index (χ1n) is 9.04. The van der Waals surface area contributed by atoms with Crippen LogP contribution >= 0.6 is 0 Å². The Morgan fingerprint density at radius 2 is 1.62 bits per heavy atom.